The zero-order valence-electron chi connectivity index (χ0n) is 17.3. The van der Waals surface area contributed by atoms with Crippen molar-refractivity contribution in [3.05, 3.63) is 59.4 Å². The number of benzene rings is 1. The molecule has 2 aliphatic rings. The standard InChI is InChI=1S/C24H31N3O2/c1-19-10-11-20(16-23(19)26-13-5-2-6-14-26)24(28)27(18-22-9-7-15-29-22)17-21-8-3-4-12-25-21/h3-4,8,10-12,16,22H,2,5-7,9,13-15,17-18H2,1H3/t22-/m1/s1. The average molecular weight is 394 g/mol. The first-order valence-electron chi connectivity index (χ1n) is 10.9. The molecule has 1 aromatic carbocycles. The molecule has 1 aromatic heterocycles. The third kappa shape index (κ3) is 4.96. The number of amides is 1. The summed E-state index contributed by atoms with van der Waals surface area (Å²) in [4.78, 5) is 22.3. The monoisotopic (exact) mass is 393 g/mol. The minimum atomic E-state index is 0.0596. The number of aryl methyl sites for hydroxylation is 1. The molecule has 29 heavy (non-hydrogen) atoms. The Balaban J connectivity index is 1.57. The third-order valence-corrected chi connectivity index (χ3v) is 5.97. The number of piperidine rings is 1. The van der Waals surface area contributed by atoms with Crippen molar-refractivity contribution >= 4 is 11.6 Å². The largest absolute Gasteiger partial charge is 0.376 e. The molecule has 0 unspecified atom stereocenters. The van der Waals surface area contributed by atoms with Crippen molar-refractivity contribution in [2.45, 2.75) is 51.7 Å². The molecule has 0 spiro atoms. The Labute approximate surface area is 173 Å². The lowest BCUT2D eigenvalue weighted by atomic mass is 10.0. The smallest absolute Gasteiger partial charge is 0.254 e. The van der Waals surface area contributed by atoms with E-state index in [-0.39, 0.29) is 12.0 Å². The number of aromatic nitrogens is 1. The average Bonchev–Trinajstić information content (AvgIpc) is 3.28. The zero-order chi connectivity index (χ0) is 20.1. The minimum Gasteiger partial charge on any atom is -0.376 e. The maximum atomic E-state index is 13.5. The molecule has 154 valence electrons. The van der Waals surface area contributed by atoms with Crippen molar-refractivity contribution in [3.63, 3.8) is 0 Å². The van der Waals surface area contributed by atoms with Gasteiger partial charge in [0.1, 0.15) is 0 Å². The summed E-state index contributed by atoms with van der Waals surface area (Å²) in [6.45, 7) is 6.20. The van der Waals surface area contributed by atoms with Gasteiger partial charge in [-0.25, -0.2) is 0 Å². The molecule has 2 saturated heterocycles. The third-order valence-electron chi connectivity index (χ3n) is 5.97. The summed E-state index contributed by atoms with van der Waals surface area (Å²) in [5.74, 6) is 0.0596. The van der Waals surface area contributed by atoms with Gasteiger partial charge in [0, 0.05) is 43.7 Å². The molecule has 0 N–H and O–H groups in total. The molecule has 1 atom stereocenters. The van der Waals surface area contributed by atoms with Crippen LogP contribution in [-0.2, 0) is 11.3 Å². The molecule has 4 rings (SSSR count). The molecule has 2 aromatic rings. The molecule has 0 bridgehead atoms. The van der Waals surface area contributed by atoms with E-state index < -0.39 is 0 Å². The SMILES string of the molecule is Cc1ccc(C(=O)N(Cc2ccccn2)C[C@H]2CCCO2)cc1N1CCCCC1. The van der Waals surface area contributed by atoms with E-state index in [0.717, 1.165) is 43.8 Å². The van der Waals surface area contributed by atoms with Gasteiger partial charge < -0.3 is 14.5 Å². The number of pyridine rings is 1. The minimum absolute atomic E-state index is 0.0596. The highest BCUT2D eigenvalue weighted by atomic mass is 16.5. The second kappa shape index (κ2) is 9.40. The number of ether oxygens (including phenoxy) is 1. The molecular weight excluding hydrogens is 362 g/mol. The zero-order valence-corrected chi connectivity index (χ0v) is 17.3. The molecular formula is C24H31N3O2. The van der Waals surface area contributed by atoms with Crippen LogP contribution in [0.2, 0.25) is 0 Å². The Hall–Kier alpha value is -2.40. The highest BCUT2D eigenvalue weighted by molar-refractivity contribution is 5.95. The van der Waals surface area contributed by atoms with Gasteiger partial charge in [0.05, 0.1) is 18.3 Å². The first-order valence-corrected chi connectivity index (χ1v) is 10.9. The van der Waals surface area contributed by atoms with Crippen LogP contribution in [0.4, 0.5) is 5.69 Å². The van der Waals surface area contributed by atoms with Crippen molar-refractivity contribution in [3.8, 4) is 0 Å². The number of anilines is 1. The first kappa shape index (κ1) is 19.9. The summed E-state index contributed by atoms with van der Waals surface area (Å²) in [5.41, 5.74) is 4.09. The van der Waals surface area contributed by atoms with E-state index in [1.165, 1.54) is 30.5 Å². The van der Waals surface area contributed by atoms with Gasteiger partial charge in [0.2, 0.25) is 0 Å². The Kier molecular flexibility index (Phi) is 6.45. The van der Waals surface area contributed by atoms with Gasteiger partial charge in [-0.15, -0.1) is 0 Å². The second-order valence-corrected chi connectivity index (χ2v) is 8.19. The highest BCUT2D eigenvalue weighted by Gasteiger charge is 2.25. The van der Waals surface area contributed by atoms with Gasteiger partial charge in [0.25, 0.3) is 5.91 Å². The van der Waals surface area contributed by atoms with Crippen molar-refractivity contribution in [2.75, 3.05) is 31.1 Å². The molecule has 2 aliphatic heterocycles. The Morgan fingerprint density at radius 1 is 1.17 bits per heavy atom. The summed E-state index contributed by atoms with van der Waals surface area (Å²) in [6, 6.07) is 12.0. The van der Waals surface area contributed by atoms with Crippen molar-refractivity contribution in [1.82, 2.24) is 9.88 Å². The van der Waals surface area contributed by atoms with Crippen molar-refractivity contribution in [2.24, 2.45) is 0 Å². The van der Waals surface area contributed by atoms with E-state index in [1.54, 1.807) is 6.20 Å². The van der Waals surface area contributed by atoms with Crippen LogP contribution in [0.1, 0.15) is 53.7 Å². The molecule has 3 heterocycles. The number of nitrogens with zero attached hydrogens (tertiary/aromatic N) is 3. The molecule has 5 nitrogen and oxygen atoms in total. The predicted molar refractivity (Wildman–Crippen MR) is 115 cm³/mol. The lowest BCUT2D eigenvalue weighted by molar-refractivity contribution is 0.0504. The van der Waals surface area contributed by atoms with Gasteiger partial charge in [-0.3, -0.25) is 9.78 Å². The van der Waals surface area contributed by atoms with E-state index >= 15 is 0 Å². The lowest BCUT2D eigenvalue weighted by Crippen LogP contribution is -2.37. The normalized spacial score (nSPS) is 19.3. The first-order chi connectivity index (χ1) is 14.2. The van der Waals surface area contributed by atoms with Crippen molar-refractivity contribution in [1.29, 1.82) is 0 Å². The quantitative estimate of drug-likeness (QED) is 0.738. The predicted octanol–water partition coefficient (Wildman–Crippen LogP) is 4.20. The van der Waals surface area contributed by atoms with Gasteiger partial charge in [-0.05, 0) is 68.9 Å². The van der Waals surface area contributed by atoms with Crippen LogP contribution < -0.4 is 4.90 Å². The molecule has 5 heteroatoms. The van der Waals surface area contributed by atoms with E-state index in [9.17, 15) is 4.79 Å². The summed E-state index contributed by atoms with van der Waals surface area (Å²) in [6.07, 6.45) is 7.73. The van der Waals surface area contributed by atoms with Crippen LogP contribution in [0.25, 0.3) is 0 Å². The fourth-order valence-corrected chi connectivity index (χ4v) is 4.34. The number of carbonyl (C=O) groups excluding carboxylic acids is 1. The fourth-order valence-electron chi connectivity index (χ4n) is 4.34. The number of carbonyl (C=O) groups is 1. The van der Waals surface area contributed by atoms with Gasteiger partial charge >= 0.3 is 0 Å². The summed E-state index contributed by atoms with van der Waals surface area (Å²) in [5, 5.41) is 0. The fraction of sp³-hybridized carbons (Fsp3) is 0.500. The summed E-state index contributed by atoms with van der Waals surface area (Å²) in [7, 11) is 0. The van der Waals surface area contributed by atoms with E-state index in [0.29, 0.717) is 13.1 Å². The number of hydrogen-bond donors (Lipinski definition) is 0. The summed E-state index contributed by atoms with van der Waals surface area (Å²) < 4.78 is 5.82. The molecule has 2 fully saturated rings. The molecule has 0 aliphatic carbocycles. The number of rotatable bonds is 6. The lowest BCUT2D eigenvalue weighted by Gasteiger charge is -2.31. The van der Waals surface area contributed by atoms with Gasteiger partial charge in [-0.1, -0.05) is 12.1 Å². The van der Waals surface area contributed by atoms with Gasteiger partial charge in [-0.2, -0.15) is 0 Å². The van der Waals surface area contributed by atoms with Crippen LogP contribution in [0.5, 0.6) is 0 Å². The summed E-state index contributed by atoms with van der Waals surface area (Å²) >= 11 is 0. The Morgan fingerprint density at radius 2 is 2.03 bits per heavy atom. The van der Waals surface area contributed by atoms with Crippen LogP contribution in [-0.4, -0.2) is 48.1 Å². The van der Waals surface area contributed by atoms with Crippen molar-refractivity contribution < 1.29 is 9.53 Å². The van der Waals surface area contributed by atoms with Crippen LogP contribution in [0, 0.1) is 6.92 Å². The van der Waals surface area contributed by atoms with E-state index in [2.05, 4.69) is 28.9 Å². The topological polar surface area (TPSA) is 45.7 Å². The van der Waals surface area contributed by atoms with Crippen LogP contribution in [0.3, 0.4) is 0 Å². The highest BCUT2D eigenvalue weighted by Crippen LogP contribution is 2.26. The maximum absolute atomic E-state index is 13.5. The van der Waals surface area contributed by atoms with Crippen LogP contribution >= 0.6 is 0 Å². The Morgan fingerprint density at radius 3 is 2.76 bits per heavy atom. The van der Waals surface area contributed by atoms with Gasteiger partial charge in [0.15, 0.2) is 0 Å². The maximum Gasteiger partial charge on any atom is 0.254 e. The second-order valence-electron chi connectivity index (χ2n) is 8.19. The van der Waals surface area contributed by atoms with E-state index in [1.807, 2.05) is 29.2 Å². The molecule has 0 saturated carbocycles. The van der Waals surface area contributed by atoms with E-state index in [4.69, 9.17) is 4.74 Å². The molecule has 1 amide bonds. The Bertz CT molecular complexity index is 812. The van der Waals surface area contributed by atoms with Crippen LogP contribution in [0.15, 0.2) is 42.6 Å². The molecule has 0 radical (unpaired) electrons. The number of hydrogen-bond acceptors (Lipinski definition) is 4.